The van der Waals surface area contributed by atoms with Crippen LogP contribution in [-0.4, -0.2) is 9.97 Å². The van der Waals surface area contributed by atoms with Crippen LogP contribution in [-0.2, 0) is 0 Å². The molecule has 3 aromatic rings. The van der Waals surface area contributed by atoms with Crippen LogP contribution in [0.25, 0.3) is 22.2 Å². The maximum atomic E-state index is 13.1. The van der Waals surface area contributed by atoms with Crippen LogP contribution in [0.15, 0.2) is 54.9 Å². The molecule has 3 heteroatoms. The van der Waals surface area contributed by atoms with Crippen molar-refractivity contribution in [3.05, 3.63) is 60.7 Å². The molecule has 2 nitrogen and oxygen atoms in total. The Morgan fingerprint density at radius 2 is 1.82 bits per heavy atom. The van der Waals surface area contributed by atoms with Gasteiger partial charge in [0, 0.05) is 29.4 Å². The fourth-order valence-electron chi connectivity index (χ4n) is 1.79. The van der Waals surface area contributed by atoms with Crippen molar-refractivity contribution in [3.8, 4) is 11.3 Å². The molecular weight excluding hydrogens is 215 g/mol. The monoisotopic (exact) mass is 224 g/mol. The van der Waals surface area contributed by atoms with Gasteiger partial charge in [-0.05, 0) is 18.2 Å². The van der Waals surface area contributed by atoms with E-state index in [0.717, 1.165) is 16.5 Å². The molecule has 82 valence electrons. The van der Waals surface area contributed by atoms with Crippen molar-refractivity contribution >= 4 is 10.9 Å². The molecule has 3 rings (SSSR count). The summed E-state index contributed by atoms with van der Waals surface area (Å²) in [6, 6.07) is 12.4. The van der Waals surface area contributed by atoms with Gasteiger partial charge in [0.15, 0.2) is 0 Å². The second-order valence-corrected chi connectivity index (χ2v) is 3.77. The molecule has 0 saturated carbocycles. The average molecular weight is 224 g/mol. The van der Waals surface area contributed by atoms with Crippen LogP contribution in [0, 0.1) is 5.82 Å². The number of halogens is 1. The Kier molecular flexibility index (Phi) is 2.29. The van der Waals surface area contributed by atoms with E-state index in [9.17, 15) is 4.39 Å². The zero-order valence-electron chi connectivity index (χ0n) is 8.97. The Bertz CT molecular complexity index is 680. The highest BCUT2D eigenvalue weighted by molar-refractivity contribution is 5.83. The molecule has 17 heavy (non-hydrogen) atoms. The highest BCUT2D eigenvalue weighted by atomic mass is 19.1. The van der Waals surface area contributed by atoms with E-state index in [1.165, 1.54) is 18.3 Å². The van der Waals surface area contributed by atoms with Gasteiger partial charge in [-0.25, -0.2) is 4.39 Å². The predicted molar refractivity (Wildman–Crippen MR) is 64.9 cm³/mol. The van der Waals surface area contributed by atoms with Crippen LogP contribution in [0.1, 0.15) is 0 Å². The summed E-state index contributed by atoms with van der Waals surface area (Å²) in [6.45, 7) is 0. The third-order valence-electron chi connectivity index (χ3n) is 2.62. The minimum absolute atomic E-state index is 0.281. The molecule has 0 N–H and O–H groups in total. The Morgan fingerprint density at radius 1 is 0.882 bits per heavy atom. The zero-order valence-corrected chi connectivity index (χ0v) is 8.97. The number of hydrogen-bond acceptors (Lipinski definition) is 2. The Labute approximate surface area is 97.8 Å². The Balaban J connectivity index is 2.18. The molecule has 0 aliphatic rings. The molecule has 0 saturated heterocycles. The molecule has 2 heterocycles. The van der Waals surface area contributed by atoms with Crippen LogP contribution >= 0.6 is 0 Å². The fourth-order valence-corrected chi connectivity index (χ4v) is 1.79. The van der Waals surface area contributed by atoms with E-state index < -0.39 is 0 Å². The number of hydrogen-bond donors (Lipinski definition) is 0. The predicted octanol–water partition coefficient (Wildman–Crippen LogP) is 3.44. The second-order valence-electron chi connectivity index (χ2n) is 3.77. The van der Waals surface area contributed by atoms with E-state index in [4.69, 9.17) is 0 Å². The smallest absolute Gasteiger partial charge is 0.126 e. The van der Waals surface area contributed by atoms with Crippen molar-refractivity contribution in [1.29, 1.82) is 0 Å². The van der Waals surface area contributed by atoms with E-state index in [1.807, 2.05) is 30.3 Å². The van der Waals surface area contributed by atoms with Gasteiger partial charge in [-0.2, -0.15) is 0 Å². The van der Waals surface area contributed by atoms with Crippen LogP contribution in [0.4, 0.5) is 4.39 Å². The maximum absolute atomic E-state index is 13.1. The molecule has 0 aliphatic carbocycles. The topological polar surface area (TPSA) is 25.8 Å². The van der Waals surface area contributed by atoms with Crippen molar-refractivity contribution in [2.75, 3.05) is 0 Å². The van der Waals surface area contributed by atoms with Gasteiger partial charge in [-0.15, -0.1) is 0 Å². The zero-order chi connectivity index (χ0) is 11.7. The lowest BCUT2D eigenvalue weighted by molar-refractivity contribution is 0.626. The van der Waals surface area contributed by atoms with Crippen LogP contribution in [0.5, 0.6) is 0 Å². The van der Waals surface area contributed by atoms with Gasteiger partial charge >= 0.3 is 0 Å². The van der Waals surface area contributed by atoms with Gasteiger partial charge in [-0.1, -0.05) is 18.2 Å². The van der Waals surface area contributed by atoms with Crippen molar-refractivity contribution in [3.63, 3.8) is 0 Å². The molecule has 0 aliphatic heterocycles. The minimum atomic E-state index is -0.281. The van der Waals surface area contributed by atoms with Crippen LogP contribution in [0.3, 0.4) is 0 Å². The SMILES string of the molecule is Fc1ccnc(-c2ccc3cccnc3c2)c1. The van der Waals surface area contributed by atoms with Gasteiger partial charge in [0.2, 0.25) is 0 Å². The van der Waals surface area contributed by atoms with Gasteiger partial charge in [0.05, 0.1) is 11.2 Å². The van der Waals surface area contributed by atoms with E-state index in [1.54, 1.807) is 6.20 Å². The van der Waals surface area contributed by atoms with Crippen LogP contribution < -0.4 is 0 Å². The number of aromatic nitrogens is 2. The van der Waals surface area contributed by atoms with Crippen molar-refractivity contribution in [1.82, 2.24) is 9.97 Å². The number of fused-ring (bicyclic) bond motifs is 1. The first-order valence-corrected chi connectivity index (χ1v) is 5.30. The highest BCUT2D eigenvalue weighted by Gasteiger charge is 2.02. The Morgan fingerprint density at radius 3 is 2.71 bits per heavy atom. The lowest BCUT2D eigenvalue weighted by Crippen LogP contribution is -1.86. The number of nitrogens with zero attached hydrogens (tertiary/aromatic N) is 2. The number of rotatable bonds is 1. The summed E-state index contributed by atoms with van der Waals surface area (Å²) in [5, 5.41) is 1.06. The first-order chi connectivity index (χ1) is 8.33. The standard InChI is InChI=1S/C14H9FN2/c15-12-5-7-17-14(9-12)11-4-3-10-2-1-6-16-13(10)8-11/h1-9H. The van der Waals surface area contributed by atoms with E-state index in [-0.39, 0.29) is 5.82 Å². The van der Waals surface area contributed by atoms with E-state index in [0.29, 0.717) is 5.69 Å². The highest BCUT2D eigenvalue weighted by Crippen LogP contribution is 2.21. The van der Waals surface area contributed by atoms with Gasteiger partial charge in [0.25, 0.3) is 0 Å². The summed E-state index contributed by atoms with van der Waals surface area (Å²) in [7, 11) is 0. The van der Waals surface area contributed by atoms with Crippen LogP contribution in [0.2, 0.25) is 0 Å². The average Bonchev–Trinajstić information content (AvgIpc) is 2.38. The Hall–Kier alpha value is -2.29. The van der Waals surface area contributed by atoms with E-state index in [2.05, 4.69) is 9.97 Å². The third-order valence-corrected chi connectivity index (χ3v) is 2.62. The largest absolute Gasteiger partial charge is 0.256 e. The second kappa shape index (κ2) is 3.94. The molecule has 0 amide bonds. The summed E-state index contributed by atoms with van der Waals surface area (Å²) in [6.07, 6.45) is 3.21. The van der Waals surface area contributed by atoms with Gasteiger partial charge < -0.3 is 0 Å². The van der Waals surface area contributed by atoms with Crippen molar-refractivity contribution < 1.29 is 4.39 Å². The van der Waals surface area contributed by atoms with Crippen molar-refractivity contribution in [2.24, 2.45) is 0 Å². The number of benzene rings is 1. The molecule has 0 atom stereocenters. The summed E-state index contributed by atoms with van der Waals surface area (Å²) in [5.41, 5.74) is 2.38. The summed E-state index contributed by atoms with van der Waals surface area (Å²) < 4.78 is 13.1. The molecule has 1 aromatic carbocycles. The maximum Gasteiger partial charge on any atom is 0.126 e. The molecule has 0 radical (unpaired) electrons. The lowest BCUT2D eigenvalue weighted by atomic mass is 10.1. The first-order valence-electron chi connectivity index (χ1n) is 5.30. The normalized spacial score (nSPS) is 10.6. The van der Waals surface area contributed by atoms with Crippen molar-refractivity contribution in [2.45, 2.75) is 0 Å². The summed E-state index contributed by atoms with van der Waals surface area (Å²) in [4.78, 5) is 8.42. The summed E-state index contributed by atoms with van der Waals surface area (Å²) >= 11 is 0. The molecule has 0 bridgehead atoms. The third kappa shape index (κ3) is 1.87. The molecule has 0 unspecified atom stereocenters. The summed E-state index contributed by atoms with van der Waals surface area (Å²) in [5.74, 6) is -0.281. The number of pyridine rings is 2. The minimum Gasteiger partial charge on any atom is -0.256 e. The molecule has 0 spiro atoms. The fraction of sp³-hybridized carbons (Fsp3) is 0. The molecule has 2 aromatic heterocycles. The first kappa shape index (κ1) is 9.90. The molecule has 0 fully saturated rings. The van der Waals surface area contributed by atoms with Gasteiger partial charge in [0.1, 0.15) is 5.82 Å². The quantitative estimate of drug-likeness (QED) is 0.632. The molecular formula is C14H9FN2. The lowest BCUT2D eigenvalue weighted by Gasteiger charge is -2.02. The van der Waals surface area contributed by atoms with Gasteiger partial charge in [-0.3, -0.25) is 9.97 Å². The van der Waals surface area contributed by atoms with E-state index >= 15 is 0 Å².